The number of ether oxygens (including phenoxy) is 1. The fraction of sp³-hybridized carbons (Fsp3) is 0.333. The maximum atomic E-state index is 12.8. The zero-order valence-corrected chi connectivity index (χ0v) is 14.6. The minimum atomic E-state index is -0.603. The Morgan fingerprint density at radius 3 is 2.64 bits per heavy atom. The summed E-state index contributed by atoms with van der Waals surface area (Å²) in [5, 5.41) is 10.9. The molecule has 1 aromatic carbocycles. The number of benzene rings is 1. The molecule has 0 saturated carbocycles. The van der Waals surface area contributed by atoms with E-state index in [9.17, 15) is 19.7 Å². The van der Waals surface area contributed by atoms with Gasteiger partial charge in [-0.15, -0.1) is 0 Å². The maximum Gasteiger partial charge on any atom is 0.340 e. The summed E-state index contributed by atoms with van der Waals surface area (Å²) in [6.45, 7) is 6.11. The lowest BCUT2D eigenvalue weighted by Gasteiger charge is -2.19. The number of esters is 1. The maximum absolute atomic E-state index is 12.8. The highest BCUT2D eigenvalue weighted by atomic mass is 16.6. The van der Waals surface area contributed by atoms with E-state index >= 15 is 0 Å². The predicted octanol–water partition coefficient (Wildman–Crippen LogP) is 2.92. The lowest BCUT2D eigenvalue weighted by Crippen LogP contribution is -2.28. The number of nitrogens with zero attached hydrogens (tertiary/aromatic N) is 2. The van der Waals surface area contributed by atoms with Crippen LogP contribution in [0.2, 0.25) is 0 Å². The number of amides is 1. The molecular formula is C18H20N2O5. The summed E-state index contributed by atoms with van der Waals surface area (Å²) < 4.78 is 4.81. The van der Waals surface area contributed by atoms with Crippen LogP contribution in [0.1, 0.15) is 26.3 Å². The molecule has 1 heterocycles. The Hall–Kier alpha value is -2.96. The first-order valence-electron chi connectivity index (χ1n) is 7.83. The fourth-order valence-electron chi connectivity index (χ4n) is 2.71. The van der Waals surface area contributed by atoms with Gasteiger partial charge in [-0.25, -0.2) is 4.79 Å². The molecule has 25 heavy (non-hydrogen) atoms. The number of methoxy groups -OCH3 is 1. The quantitative estimate of drug-likeness (QED) is 0.354. The van der Waals surface area contributed by atoms with E-state index < -0.39 is 10.9 Å². The van der Waals surface area contributed by atoms with E-state index in [0.29, 0.717) is 17.8 Å². The molecule has 132 valence electrons. The van der Waals surface area contributed by atoms with Crippen LogP contribution in [-0.2, 0) is 14.3 Å². The second-order valence-corrected chi connectivity index (χ2v) is 6.17. The molecule has 0 atom stereocenters. The second kappa shape index (κ2) is 7.29. The zero-order chi connectivity index (χ0) is 18.7. The van der Waals surface area contributed by atoms with E-state index in [0.717, 1.165) is 0 Å². The molecule has 0 N–H and O–H groups in total. The molecule has 7 heteroatoms. The number of nitro groups is 1. The number of rotatable bonds is 5. The molecule has 0 spiro atoms. The van der Waals surface area contributed by atoms with Crippen molar-refractivity contribution in [3.05, 3.63) is 56.8 Å². The van der Waals surface area contributed by atoms with E-state index in [4.69, 9.17) is 4.74 Å². The Kier molecular flexibility index (Phi) is 5.36. The van der Waals surface area contributed by atoms with Crippen LogP contribution in [0.3, 0.4) is 0 Å². The van der Waals surface area contributed by atoms with Crippen molar-refractivity contribution in [2.24, 2.45) is 5.92 Å². The first-order chi connectivity index (χ1) is 11.8. The Labute approximate surface area is 145 Å². The summed E-state index contributed by atoms with van der Waals surface area (Å²) in [6, 6.07) is 5.90. The van der Waals surface area contributed by atoms with Crippen LogP contribution >= 0.6 is 0 Å². The van der Waals surface area contributed by atoms with Gasteiger partial charge in [0.15, 0.2) is 0 Å². The molecule has 0 bridgehead atoms. The number of carbonyl (C=O) groups excluding carboxylic acids is 2. The summed E-state index contributed by atoms with van der Waals surface area (Å²) in [7, 11) is 1.25. The van der Waals surface area contributed by atoms with Crippen molar-refractivity contribution in [2.75, 3.05) is 13.7 Å². The van der Waals surface area contributed by atoms with Crippen LogP contribution in [0.15, 0.2) is 41.1 Å². The first-order valence-corrected chi connectivity index (χ1v) is 7.83. The summed E-state index contributed by atoms with van der Waals surface area (Å²) in [4.78, 5) is 36.9. The van der Waals surface area contributed by atoms with Gasteiger partial charge in [0.1, 0.15) is 0 Å². The standard InChI is InChI=1S/C18H20N2O5/c1-11(2)10-19-12(3)16(18(22)25-4)15(17(19)21)9-13-6-5-7-14(8-13)20(23)24/h5-9,11H,10H2,1-4H3. The van der Waals surface area contributed by atoms with Gasteiger partial charge in [-0.05, 0) is 24.5 Å². The fourth-order valence-corrected chi connectivity index (χ4v) is 2.71. The van der Waals surface area contributed by atoms with Gasteiger partial charge in [-0.1, -0.05) is 26.0 Å². The molecule has 7 nitrogen and oxygen atoms in total. The highest BCUT2D eigenvalue weighted by Crippen LogP contribution is 2.32. The zero-order valence-electron chi connectivity index (χ0n) is 14.6. The molecular weight excluding hydrogens is 324 g/mol. The van der Waals surface area contributed by atoms with Crippen LogP contribution in [0.5, 0.6) is 0 Å². The Morgan fingerprint density at radius 1 is 1.40 bits per heavy atom. The van der Waals surface area contributed by atoms with Crippen molar-refractivity contribution >= 4 is 23.6 Å². The van der Waals surface area contributed by atoms with E-state index in [1.165, 1.54) is 31.4 Å². The number of hydrogen-bond acceptors (Lipinski definition) is 5. The molecule has 1 aromatic rings. The summed E-state index contributed by atoms with van der Waals surface area (Å²) >= 11 is 0. The Bertz CT molecular complexity index is 792. The molecule has 1 aliphatic rings. The molecule has 1 aliphatic heterocycles. The molecule has 1 amide bonds. The Morgan fingerprint density at radius 2 is 2.08 bits per heavy atom. The average molecular weight is 344 g/mol. The van der Waals surface area contributed by atoms with Crippen molar-refractivity contribution in [3.8, 4) is 0 Å². The molecule has 2 rings (SSSR count). The highest BCUT2D eigenvalue weighted by molar-refractivity contribution is 6.16. The van der Waals surface area contributed by atoms with Crippen molar-refractivity contribution < 1.29 is 19.2 Å². The van der Waals surface area contributed by atoms with E-state index in [-0.39, 0.29) is 28.7 Å². The number of allylic oxidation sites excluding steroid dienone is 1. The molecule has 0 radical (unpaired) electrons. The molecule has 0 saturated heterocycles. The summed E-state index contributed by atoms with van der Waals surface area (Å²) in [5.41, 5.74) is 1.30. The van der Waals surface area contributed by atoms with E-state index in [1.807, 2.05) is 13.8 Å². The van der Waals surface area contributed by atoms with E-state index in [1.54, 1.807) is 17.9 Å². The van der Waals surface area contributed by atoms with Crippen molar-refractivity contribution in [1.82, 2.24) is 4.90 Å². The van der Waals surface area contributed by atoms with Crippen LogP contribution in [0.25, 0.3) is 6.08 Å². The first kappa shape index (κ1) is 18.4. The van der Waals surface area contributed by atoms with Crippen LogP contribution in [-0.4, -0.2) is 35.4 Å². The van der Waals surface area contributed by atoms with Crippen molar-refractivity contribution in [2.45, 2.75) is 20.8 Å². The lowest BCUT2D eigenvalue weighted by atomic mass is 10.0. The highest BCUT2D eigenvalue weighted by Gasteiger charge is 2.37. The van der Waals surface area contributed by atoms with Gasteiger partial charge in [-0.2, -0.15) is 0 Å². The van der Waals surface area contributed by atoms with Crippen LogP contribution in [0, 0.1) is 16.0 Å². The molecule has 0 aromatic heterocycles. The minimum Gasteiger partial charge on any atom is -0.465 e. The third-order valence-corrected chi connectivity index (χ3v) is 3.84. The largest absolute Gasteiger partial charge is 0.465 e. The number of nitro benzene ring substituents is 1. The minimum absolute atomic E-state index is 0.0841. The number of carbonyl (C=O) groups is 2. The van der Waals surface area contributed by atoms with Gasteiger partial charge >= 0.3 is 5.97 Å². The summed E-state index contributed by atoms with van der Waals surface area (Å²) in [6.07, 6.45) is 1.49. The lowest BCUT2D eigenvalue weighted by molar-refractivity contribution is -0.384. The second-order valence-electron chi connectivity index (χ2n) is 6.17. The van der Waals surface area contributed by atoms with Gasteiger partial charge in [0.05, 0.1) is 23.2 Å². The van der Waals surface area contributed by atoms with E-state index in [2.05, 4.69) is 0 Å². The van der Waals surface area contributed by atoms with Crippen molar-refractivity contribution in [1.29, 1.82) is 0 Å². The normalized spacial score (nSPS) is 16.1. The third kappa shape index (κ3) is 3.76. The Balaban J connectivity index is 2.54. The topological polar surface area (TPSA) is 89.8 Å². The number of non-ortho nitro benzene ring substituents is 1. The molecule has 0 unspecified atom stereocenters. The van der Waals surface area contributed by atoms with Gasteiger partial charge < -0.3 is 9.64 Å². The predicted molar refractivity (Wildman–Crippen MR) is 92.3 cm³/mol. The van der Waals surface area contributed by atoms with Gasteiger partial charge in [0, 0.05) is 24.4 Å². The molecule has 0 fully saturated rings. The van der Waals surface area contributed by atoms with Crippen LogP contribution < -0.4 is 0 Å². The third-order valence-electron chi connectivity index (χ3n) is 3.84. The SMILES string of the molecule is COC(=O)C1=C(C)N(CC(C)C)C(=O)C1=Cc1cccc([N+](=O)[O-])c1. The van der Waals surface area contributed by atoms with Crippen molar-refractivity contribution in [3.63, 3.8) is 0 Å². The van der Waals surface area contributed by atoms with Crippen LogP contribution in [0.4, 0.5) is 5.69 Å². The number of hydrogen-bond donors (Lipinski definition) is 0. The van der Waals surface area contributed by atoms with Gasteiger partial charge in [-0.3, -0.25) is 14.9 Å². The molecule has 0 aliphatic carbocycles. The monoisotopic (exact) mass is 344 g/mol. The van der Waals surface area contributed by atoms with Gasteiger partial charge in [0.25, 0.3) is 11.6 Å². The summed E-state index contributed by atoms with van der Waals surface area (Å²) in [5.74, 6) is -0.693. The van der Waals surface area contributed by atoms with Gasteiger partial charge in [0.2, 0.25) is 0 Å². The average Bonchev–Trinajstić information content (AvgIpc) is 2.78. The smallest absolute Gasteiger partial charge is 0.340 e.